The van der Waals surface area contributed by atoms with Crippen LogP contribution in [0.2, 0.25) is 0 Å². The number of hydrogen-bond donors (Lipinski definition) is 0. The highest BCUT2D eigenvalue weighted by molar-refractivity contribution is 5.86. The lowest BCUT2D eigenvalue weighted by Crippen LogP contribution is -2.35. The Labute approximate surface area is 152 Å². The van der Waals surface area contributed by atoms with Crippen LogP contribution in [0.4, 0.5) is 10.3 Å². The number of benzene rings is 1. The van der Waals surface area contributed by atoms with E-state index in [1.165, 1.54) is 0 Å². The Morgan fingerprint density at radius 3 is 2.58 bits per heavy atom. The number of hydrogen-bond acceptors (Lipinski definition) is 6. The Morgan fingerprint density at radius 1 is 1.15 bits per heavy atom. The van der Waals surface area contributed by atoms with Gasteiger partial charge in [-0.3, -0.25) is 0 Å². The zero-order valence-electron chi connectivity index (χ0n) is 15.1. The summed E-state index contributed by atoms with van der Waals surface area (Å²) in [6, 6.07) is 5.33. The van der Waals surface area contributed by atoms with Gasteiger partial charge in [0.25, 0.3) is 0 Å². The van der Waals surface area contributed by atoms with E-state index in [9.17, 15) is 4.39 Å². The minimum Gasteiger partial charge on any atom is -0.393 e. The van der Waals surface area contributed by atoms with Crippen LogP contribution in [0, 0.1) is 12.7 Å². The molecule has 2 aromatic rings. The van der Waals surface area contributed by atoms with Crippen LogP contribution >= 0.6 is 0 Å². The van der Waals surface area contributed by atoms with Crippen molar-refractivity contribution in [2.45, 2.75) is 19.8 Å². The number of ether oxygens (including phenoxy) is 1. The van der Waals surface area contributed by atoms with E-state index in [2.05, 4.69) is 20.0 Å². The van der Waals surface area contributed by atoms with Crippen molar-refractivity contribution in [1.82, 2.24) is 9.97 Å². The first-order valence-electron chi connectivity index (χ1n) is 8.68. The molecular weight excluding hydrogens is 335 g/mol. The van der Waals surface area contributed by atoms with E-state index in [0.29, 0.717) is 35.9 Å². The Balaban J connectivity index is 1.61. The van der Waals surface area contributed by atoms with Gasteiger partial charge in [0.15, 0.2) is 0 Å². The fourth-order valence-electron chi connectivity index (χ4n) is 2.81. The van der Waals surface area contributed by atoms with Crippen LogP contribution in [0.15, 0.2) is 35.7 Å². The van der Waals surface area contributed by atoms with Gasteiger partial charge in [-0.1, -0.05) is 23.4 Å². The van der Waals surface area contributed by atoms with Crippen LogP contribution in [0.1, 0.15) is 18.4 Å². The summed E-state index contributed by atoms with van der Waals surface area (Å²) in [5, 5.41) is 4.15. The van der Waals surface area contributed by atoms with Gasteiger partial charge in [0, 0.05) is 56.6 Å². The van der Waals surface area contributed by atoms with Crippen LogP contribution in [0.5, 0.6) is 0 Å². The highest BCUT2D eigenvalue weighted by atomic mass is 19.1. The molecule has 2 heterocycles. The Hall–Kier alpha value is -2.54. The predicted octanol–water partition coefficient (Wildman–Crippen LogP) is 3.21. The average Bonchev–Trinajstić information content (AvgIpc) is 2.68. The number of aromatic nitrogens is 2. The van der Waals surface area contributed by atoms with E-state index in [4.69, 9.17) is 9.57 Å². The quantitative estimate of drug-likeness (QED) is 0.586. The first-order valence-corrected chi connectivity index (χ1v) is 8.68. The summed E-state index contributed by atoms with van der Waals surface area (Å²) >= 11 is 0. The Bertz CT molecular complexity index is 755. The molecule has 1 aromatic heterocycles. The van der Waals surface area contributed by atoms with Crippen molar-refractivity contribution in [3.05, 3.63) is 42.0 Å². The minimum atomic E-state index is -0.226. The lowest BCUT2D eigenvalue weighted by atomic mass is 10.1. The van der Waals surface area contributed by atoms with Crippen LogP contribution < -0.4 is 4.90 Å². The number of piperidine rings is 1. The van der Waals surface area contributed by atoms with Gasteiger partial charge in [-0.2, -0.15) is 0 Å². The number of rotatable bonds is 6. The summed E-state index contributed by atoms with van der Waals surface area (Å²) in [6.45, 7) is 4.31. The number of halogens is 1. The van der Waals surface area contributed by atoms with Gasteiger partial charge < -0.3 is 14.5 Å². The molecule has 1 saturated heterocycles. The summed E-state index contributed by atoms with van der Waals surface area (Å²) in [6.07, 6.45) is 4.98. The smallest absolute Gasteiger partial charge is 0.225 e. The summed E-state index contributed by atoms with van der Waals surface area (Å²) in [5.41, 5.74) is 2.86. The van der Waals surface area contributed by atoms with Gasteiger partial charge in [0.1, 0.15) is 12.4 Å². The van der Waals surface area contributed by atoms with Crippen molar-refractivity contribution in [3.63, 3.8) is 0 Å². The SMILES string of the molecule is COCCON=C1CCN(c2ncc(-c3cccc(C)c3F)cn2)CC1. The zero-order chi connectivity index (χ0) is 18.4. The van der Waals surface area contributed by atoms with Crippen LogP contribution in [0.3, 0.4) is 0 Å². The molecule has 0 unspecified atom stereocenters. The first-order chi connectivity index (χ1) is 12.7. The molecule has 0 radical (unpaired) electrons. The minimum absolute atomic E-state index is 0.226. The molecule has 6 nitrogen and oxygen atoms in total. The van der Waals surface area contributed by atoms with Gasteiger partial charge in [-0.15, -0.1) is 0 Å². The maximum Gasteiger partial charge on any atom is 0.225 e. The largest absolute Gasteiger partial charge is 0.393 e. The van der Waals surface area contributed by atoms with Gasteiger partial charge in [0.2, 0.25) is 5.95 Å². The normalized spacial score (nSPS) is 14.4. The molecular formula is C19H23FN4O2. The molecule has 0 bridgehead atoms. The highest BCUT2D eigenvalue weighted by Crippen LogP contribution is 2.24. The third kappa shape index (κ3) is 4.35. The molecule has 0 amide bonds. The van der Waals surface area contributed by atoms with Crippen molar-refractivity contribution in [1.29, 1.82) is 0 Å². The average molecular weight is 358 g/mol. The zero-order valence-corrected chi connectivity index (χ0v) is 15.1. The first kappa shape index (κ1) is 18.3. The number of aryl methyl sites for hydroxylation is 1. The second-order valence-electron chi connectivity index (χ2n) is 6.18. The third-order valence-electron chi connectivity index (χ3n) is 4.34. The molecule has 1 aliphatic heterocycles. The van der Waals surface area contributed by atoms with Crippen molar-refractivity contribution < 1.29 is 14.0 Å². The van der Waals surface area contributed by atoms with Crippen molar-refractivity contribution in [3.8, 4) is 11.1 Å². The van der Waals surface area contributed by atoms with E-state index in [1.54, 1.807) is 38.6 Å². The van der Waals surface area contributed by atoms with Crippen LogP contribution in [-0.4, -0.2) is 49.1 Å². The lowest BCUT2D eigenvalue weighted by molar-refractivity contribution is 0.0743. The third-order valence-corrected chi connectivity index (χ3v) is 4.34. The molecule has 3 rings (SSSR count). The molecule has 1 aliphatic rings. The fourth-order valence-corrected chi connectivity index (χ4v) is 2.81. The number of oxime groups is 1. The van der Waals surface area contributed by atoms with Gasteiger partial charge >= 0.3 is 0 Å². The van der Waals surface area contributed by atoms with E-state index in [0.717, 1.165) is 31.6 Å². The van der Waals surface area contributed by atoms with Crippen molar-refractivity contribution in [2.24, 2.45) is 5.16 Å². The number of nitrogens with zero attached hydrogens (tertiary/aromatic N) is 4. The van der Waals surface area contributed by atoms with Crippen LogP contribution in [0.25, 0.3) is 11.1 Å². The van der Waals surface area contributed by atoms with Gasteiger partial charge in [0.05, 0.1) is 12.3 Å². The Kier molecular flexibility index (Phi) is 6.12. The standard InChI is InChI=1S/C19H23FN4O2/c1-14-4-3-5-17(18(14)20)15-12-21-19(22-13-15)24-8-6-16(7-9-24)23-26-11-10-25-2/h3-5,12-13H,6-11H2,1-2H3. The molecule has 0 aliphatic carbocycles. The maximum absolute atomic E-state index is 14.2. The summed E-state index contributed by atoms with van der Waals surface area (Å²) in [7, 11) is 1.63. The molecule has 1 aromatic carbocycles. The van der Waals surface area contributed by atoms with E-state index in [1.807, 2.05) is 6.07 Å². The lowest BCUT2D eigenvalue weighted by Gasteiger charge is -2.27. The number of anilines is 1. The number of methoxy groups -OCH3 is 1. The van der Waals surface area contributed by atoms with Crippen molar-refractivity contribution in [2.75, 3.05) is 38.3 Å². The maximum atomic E-state index is 14.2. The Morgan fingerprint density at radius 2 is 1.88 bits per heavy atom. The topological polar surface area (TPSA) is 59.8 Å². The van der Waals surface area contributed by atoms with Crippen LogP contribution in [-0.2, 0) is 9.57 Å². The van der Waals surface area contributed by atoms with E-state index < -0.39 is 0 Å². The molecule has 1 fully saturated rings. The van der Waals surface area contributed by atoms with Gasteiger partial charge in [-0.25, -0.2) is 14.4 Å². The van der Waals surface area contributed by atoms with E-state index >= 15 is 0 Å². The molecule has 26 heavy (non-hydrogen) atoms. The molecule has 0 N–H and O–H groups in total. The van der Waals surface area contributed by atoms with E-state index in [-0.39, 0.29) is 5.82 Å². The highest BCUT2D eigenvalue weighted by Gasteiger charge is 2.18. The summed E-state index contributed by atoms with van der Waals surface area (Å²) in [5.74, 6) is 0.428. The van der Waals surface area contributed by atoms with Gasteiger partial charge in [-0.05, 0) is 12.5 Å². The second-order valence-corrected chi connectivity index (χ2v) is 6.18. The molecule has 0 atom stereocenters. The predicted molar refractivity (Wildman–Crippen MR) is 98.9 cm³/mol. The molecule has 0 spiro atoms. The monoisotopic (exact) mass is 358 g/mol. The summed E-state index contributed by atoms with van der Waals surface area (Å²) < 4.78 is 19.2. The molecule has 7 heteroatoms. The fraction of sp³-hybridized carbons (Fsp3) is 0.421. The molecule has 0 saturated carbocycles. The second kappa shape index (κ2) is 8.71. The molecule has 138 valence electrons. The summed E-state index contributed by atoms with van der Waals surface area (Å²) in [4.78, 5) is 16.2. The van der Waals surface area contributed by atoms with Crippen molar-refractivity contribution >= 4 is 11.7 Å².